The molecule has 21 heavy (non-hydrogen) atoms. The molecule has 1 fully saturated rings. The van der Waals surface area contributed by atoms with Gasteiger partial charge in [-0.25, -0.2) is 0 Å². The molecule has 1 unspecified atom stereocenters. The van der Waals surface area contributed by atoms with E-state index in [2.05, 4.69) is 25.2 Å². The Balaban J connectivity index is 2.11. The van der Waals surface area contributed by atoms with Crippen molar-refractivity contribution in [1.82, 2.24) is 5.32 Å². The molecule has 0 radical (unpaired) electrons. The predicted octanol–water partition coefficient (Wildman–Crippen LogP) is 2.96. The summed E-state index contributed by atoms with van der Waals surface area (Å²) in [6, 6.07) is 6.68. The minimum atomic E-state index is -0.745. The first kappa shape index (κ1) is 15.8. The number of carbonyl (C=O) groups is 1. The SMILES string of the molecule is COc1ccc(CC(CC(=O)O)NC2CC2)cc1C(C)C. The van der Waals surface area contributed by atoms with Crippen LogP contribution in [0.2, 0.25) is 0 Å². The molecule has 1 atom stereocenters. The van der Waals surface area contributed by atoms with Gasteiger partial charge in [-0.1, -0.05) is 26.0 Å². The maximum absolute atomic E-state index is 11.0. The molecule has 2 N–H and O–H groups in total. The van der Waals surface area contributed by atoms with Crippen molar-refractivity contribution in [2.75, 3.05) is 7.11 Å². The molecule has 1 aliphatic rings. The van der Waals surface area contributed by atoms with E-state index in [9.17, 15) is 4.79 Å². The van der Waals surface area contributed by atoms with Gasteiger partial charge in [-0.15, -0.1) is 0 Å². The van der Waals surface area contributed by atoms with E-state index in [1.165, 1.54) is 11.1 Å². The summed E-state index contributed by atoms with van der Waals surface area (Å²) in [5.74, 6) is 0.540. The third-order valence-electron chi connectivity index (χ3n) is 3.87. The Morgan fingerprint density at radius 1 is 1.43 bits per heavy atom. The highest BCUT2D eigenvalue weighted by Gasteiger charge is 2.26. The van der Waals surface area contributed by atoms with E-state index in [0.717, 1.165) is 25.0 Å². The van der Waals surface area contributed by atoms with Gasteiger partial charge in [-0.05, 0) is 42.4 Å². The Labute approximate surface area is 126 Å². The first-order chi connectivity index (χ1) is 9.99. The number of carboxylic acid groups (broad SMARTS) is 1. The first-order valence-electron chi connectivity index (χ1n) is 7.64. The van der Waals surface area contributed by atoms with E-state index in [-0.39, 0.29) is 12.5 Å². The van der Waals surface area contributed by atoms with Gasteiger partial charge in [0.25, 0.3) is 0 Å². The topological polar surface area (TPSA) is 58.6 Å². The van der Waals surface area contributed by atoms with Crippen LogP contribution in [-0.4, -0.2) is 30.3 Å². The Bertz CT molecular complexity index is 495. The van der Waals surface area contributed by atoms with Gasteiger partial charge in [0.2, 0.25) is 0 Å². The van der Waals surface area contributed by atoms with Crippen molar-refractivity contribution in [3.63, 3.8) is 0 Å². The first-order valence-corrected chi connectivity index (χ1v) is 7.64. The third-order valence-corrected chi connectivity index (χ3v) is 3.87. The second-order valence-electron chi connectivity index (χ2n) is 6.17. The largest absolute Gasteiger partial charge is 0.496 e. The Morgan fingerprint density at radius 3 is 2.67 bits per heavy atom. The lowest BCUT2D eigenvalue weighted by Crippen LogP contribution is -2.35. The molecule has 1 aromatic rings. The Morgan fingerprint density at radius 2 is 2.14 bits per heavy atom. The molecule has 0 amide bonds. The van der Waals surface area contributed by atoms with Crippen LogP contribution in [0.5, 0.6) is 5.75 Å². The van der Waals surface area contributed by atoms with Gasteiger partial charge in [-0.3, -0.25) is 4.79 Å². The second-order valence-corrected chi connectivity index (χ2v) is 6.17. The van der Waals surface area contributed by atoms with E-state index < -0.39 is 5.97 Å². The van der Waals surface area contributed by atoms with Crippen LogP contribution in [0.25, 0.3) is 0 Å². The van der Waals surface area contributed by atoms with Crippen molar-refractivity contribution in [2.24, 2.45) is 0 Å². The lowest BCUT2D eigenvalue weighted by Gasteiger charge is -2.19. The average molecular weight is 291 g/mol. The molecule has 0 heterocycles. The van der Waals surface area contributed by atoms with Crippen LogP contribution in [0, 0.1) is 0 Å². The van der Waals surface area contributed by atoms with Crippen molar-refractivity contribution in [2.45, 2.75) is 57.5 Å². The standard InChI is InChI=1S/C17H25NO3/c1-11(2)15-9-12(4-7-16(15)21-3)8-14(10-17(19)20)18-13-5-6-13/h4,7,9,11,13-14,18H,5-6,8,10H2,1-3H3,(H,19,20). The predicted molar refractivity (Wildman–Crippen MR) is 83.0 cm³/mol. The van der Waals surface area contributed by atoms with Gasteiger partial charge in [0, 0.05) is 12.1 Å². The summed E-state index contributed by atoms with van der Waals surface area (Å²) in [4.78, 5) is 11.0. The molecular weight excluding hydrogens is 266 g/mol. The molecule has 0 spiro atoms. The highest BCUT2D eigenvalue weighted by Crippen LogP contribution is 2.28. The quantitative estimate of drug-likeness (QED) is 0.773. The molecule has 1 saturated carbocycles. The van der Waals surface area contributed by atoms with E-state index >= 15 is 0 Å². The molecule has 4 heteroatoms. The molecule has 1 aromatic carbocycles. The van der Waals surface area contributed by atoms with Crippen LogP contribution < -0.4 is 10.1 Å². The maximum atomic E-state index is 11.0. The van der Waals surface area contributed by atoms with E-state index in [0.29, 0.717) is 12.0 Å². The van der Waals surface area contributed by atoms with Crippen LogP contribution in [0.4, 0.5) is 0 Å². The smallest absolute Gasteiger partial charge is 0.304 e. The summed E-state index contributed by atoms with van der Waals surface area (Å²) in [6.45, 7) is 4.28. The zero-order chi connectivity index (χ0) is 15.4. The van der Waals surface area contributed by atoms with Crippen LogP contribution in [0.15, 0.2) is 18.2 Å². The summed E-state index contributed by atoms with van der Waals surface area (Å²) < 4.78 is 5.40. The second kappa shape index (κ2) is 6.94. The molecule has 1 aliphatic carbocycles. The number of aliphatic carboxylic acids is 1. The maximum Gasteiger partial charge on any atom is 0.304 e. The highest BCUT2D eigenvalue weighted by molar-refractivity contribution is 5.67. The number of methoxy groups -OCH3 is 1. The molecule has 116 valence electrons. The van der Waals surface area contributed by atoms with Crippen LogP contribution in [0.1, 0.15) is 50.2 Å². The van der Waals surface area contributed by atoms with Crippen molar-refractivity contribution < 1.29 is 14.6 Å². The summed E-state index contributed by atoms with van der Waals surface area (Å²) >= 11 is 0. The fraction of sp³-hybridized carbons (Fsp3) is 0.588. The van der Waals surface area contributed by atoms with Crippen LogP contribution >= 0.6 is 0 Å². The highest BCUT2D eigenvalue weighted by atomic mass is 16.5. The monoisotopic (exact) mass is 291 g/mol. The lowest BCUT2D eigenvalue weighted by atomic mass is 9.96. The number of hydrogen-bond acceptors (Lipinski definition) is 3. The minimum Gasteiger partial charge on any atom is -0.496 e. The zero-order valence-electron chi connectivity index (χ0n) is 13.1. The van der Waals surface area contributed by atoms with E-state index in [1.807, 2.05) is 12.1 Å². The zero-order valence-corrected chi connectivity index (χ0v) is 13.1. The number of rotatable bonds is 8. The van der Waals surface area contributed by atoms with Crippen molar-refractivity contribution >= 4 is 5.97 Å². The number of nitrogens with one attached hydrogen (secondary N) is 1. The van der Waals surface area contributed by atoms with Gasteiger partial charge in [0.15, 0.2) is 0 Å². The molecule has 0 aromatic heterocycles. The van der Waals surface area contributed by atoms with Gasteiger partial charge in [0.1, 0.15) is 5.75 Å². The molecule has 2 rings (SSSR count). The average Bonchev–Trinajstić information content (AvgIpc) is 3.21. The summed E-state index contributed by atoms with van der Waals surface area (Å²) in [6.07, 6.45) is 3.23. The van der Waals surface area contributed by atoms with Crippen LogP contribution in [-0.2, 0) is 11.2 Å². The van der Waals surface area contributed by atoms with Crippen LogP contribution in [0.3, 0.4) is 0 Å². The normalized spacial score (nSPS) is 16.0. The third kappa shape index (κ3) is 4.74. The molecule has 0 aliphatic heterocycles. The van der Waals surface area contributed by atoms with E-state index in [1.54, 1.807) is 7.11 Å². The molecule has 4 nitrogen and oxygen atoms in total. The van der Waals surface area contributed by atoms with Gasteiger partial charge >= 0.3 is 5.97 Å². The Hall–Kier alpha value is -1.55. The summed E-state index contributed by atoms with van der Waals surface area (Å²) in [5, 5.41) is 12.5. The number of benzene rings is 1. The van der Waals surface area contributed by atoms with E-state index in [4.69, 9.17) is 9.84 Å². The number of carboxylic acids is 1. The van der Waals surface area contributed by atoms with Crippen molar-refractivity contribution in [1.29, 1.82) is 0 Å². The summed E-state index contributed by atoms with van der Waals surface area (Å²) in [7, 11) is 1.68. The van der Waals surface area contributed by atoms with Crippen molar-refractivity contribution in [3.8, 4) is 5.75 Å². The van der Waals surface area contributed by atoms with Gasteiger partial charge < -0.3 is 15.2 Å². The molecular formula is C17H25NO3. The molecule has 0 bridgehead atoms. The Kier molecular flexibility index (Phi) is 5.23. The summed E-state index contributed by atoms with van der Waals surface area (Å²) in [5.41, 5.74) is 2.34. The van der Waals surface area contributed by atoms with Gasteiger partial charge in [0.05, 0.1) is 13.5 Å². The van der Waals surface area contributed by atoms with Gasteiger partial charge in [-0.2, -0.15) is 0 Å². The number of hydrogen-bond donors (Lipinski definition) is 2. The fourth-order valence-corrected chi connectivity index (χ4v) is 2.63. The minimum absolute atomic E-state index is 0.00315. The fourth-order valence-electron chi connectivity index (χ4n) is 2.63. The van der Waals surface area contributed by atoms with Crippen molar-refractivity contribution in [3.05, 3.63) is 29.3 Å². The molecule has 0 saturated heterocycles. The lowest BCUT2D eigenvalue weighted by molar-refractivity contribution is -0.137. The number of ether oxygens (including phenoxy) is 1.